The second-order valence-electron chi connectivity index (χ2n) is 6.49. The van der Waals surface area contributed by atoms with E-state index in [1.54, 1.807) is 0 Å². The van der Waals surface area contributed by atoms with Crippen molar-refractivity contribution in [2.24, 2.45) is 4.99 Å². The first-order chi connectivity index (χ1) is 11.7. The molecule has 1 fully saturated rings. The van der Waals surface area contributed by atoms with Gasteiger partial charge in [0.25, 0.3) is 0 Å². The molecule has 2 aliphatic heterocycles. The van der Waals surface area contributed by atoms with Crippen molar-refractivity contribution < 1.29 is 15.0 Å². The van der Waals surface area contributed by atoms with E-state index in [4.69, 9.17) is 4.74 Å². The van der Waals surface area contributed by atoms with Gasteiger partial charge in [-0.05, 0) is 30.4 Å². The Morgan fingerprint density at radius 3 is 2.58 bits per heavy atom. The van der Waals surface area contributed by atoms with Crippen LogP contribution in [-0.4, -0.2) is 50.3 Å². The van der Waals surface area contributed by atoms with E-state index >= 15 is 0 Å². The summed E-state index contributed by atoms with van der Waals surface area (Å²) < 4.78 is 5.31. The van der Waals surface area contributed by atoms with Crippen molar-refractivity contribution in [3.8, 4) is 0 Å². The number of rotatable bonds is 3. The van der Waals surface area contributed by atoms with Gasteiger partial charge in [0.2, 0.25) is 11.4 Å². The Balaban J connectivity index is 1.49. The molecule has 1 aromatic carbocycles. The SMILES string of the molecule is [O-][NH+]1NC(=NCCN2CCOCC2)[NH+]([O-])c2cc3c(cc21)CCC3. The summed E-state index contributed by atoms with van der Waals surface area (Å²) in [4.78, 5) is 6.61. The standard InChI is InChI=1S/C16H23N5O3/c22-20-14-10-12-2-1-3-13(12)11-15(14)21(23)18-16(20)17-4-5-19-6-8-24-9-7-19/h10-11,20-21H,1-9H2,(H,17,18). The van der Waals surface area contributed by atoms with E-state index in [1.165, 1.54) is 11.1 Å². The number of guanidine groups is 1. The van der Waals surface area contributed by atoms with Gasteiger partial charge < -0.3 is 15.2 Å². The van der Waals surface area contributed by atoms with Gasteiger partial charge in [-0.3, -0.25) is 9.96 Å². The maximum atomic E-state index is 12.7. The van der Waals surface area contributed by atoms with E-state index in [9.17, 15) is 10.4 Å². The van der Waals surface area contributed by atoms with Gasteiger partial charge in [0.1, 0.15) is 0 Å². The number of benzene rings is 1. The van der Waals surface area contributed by atoms with Crippen molar-refractivity contribution >= 4 is 17.3 Å². The number of hydrogen-bond donors (Lipinski definition) is 3. The molecule has 3 N–H and O–H groups in total. The highest BCUT2D eigenvalue weighted by atomic mass is 16.6. The number of aryl methyl sites for hydroxylation is 2. The molecule has 0 amide bonds. The third-order valence-corrected chi connectivity index (χ3v) is 4.96. The van der Waals surface area contributed by atoms with Crippen LogP contribution >= 0.6 is 0 Å². The van der Waals surface area contributed by atoms with E-state index in [2.05, 4.69) is 15.3 Å². The molecule has 4 rings (SSSR count). The van der Waals surface area contributed by atoms with Crippen LogP contribution in [0.3, 0.4) is 0 Å². The van der Waals surface area contributed by atoms with Crippen LogP contribution in [0.2, 0.25) is 0 Å². The third kappa shape index (κ3) is 3.04. The number of nitrogens with zero attached hydrogens (tertiary/aromatic N) is 2. The van der Waals surface area contributed by atoms with Gasteiger partial charge in [-0.2, -0.15) is 5.43 Å². The van der Waals surface area contributed by atoms with Crippen molar-refractivity contribution in [3.05, 3.63) is 33.7 Å². The van der Waals surface area contributed by atoms with Crippen molar-refractivity contribution in [1.82, 2.24) is 10.3 Å². The summed E-state index contributed by atoms with van der Waals surface area (Å²) in [7, 11) is 0. The van der Waals surface area contributed by atoms with Gasteiger partial charge in [-0.15, -0.1) is 0 Å². The first-order valence-corrected chi connectivity index (χ1v) is 8.59. The third-order valence-electron chi connectivity index (χ3n) is 4.96. The fourth-order valence-corrected chi connectivity index (χ4v) is 3.60. The minimum absolute atomic E-state index is 0.165. The Kier molecular flexibility index (Phi) is 4.49. The predicted molar refractivity (Wildman–Crippen MR) is 89.1 cm³/mol. The number of quaternary nitrogens is 2. The van der Waals surface area contributed by atoms with Crippen LogP contribution in [0.15, 0.2) is 17.1 Å². The molecule has 24 heavy (non-hydrogen) atoms. The number of fused-ring (bicyclic) bond motifs is 2. The van der Waals surface area contributed by atoms with Crippen molar-refractivity contribution in [1.29, 1.82) is 0 Å². The van der Waals surface area contributed by atoms with E-state index in [-0.39, 0.29) is 16.2 Å². The summed E-state index contributed by atoms with van der Waals surface area (Å²) in [6.07, 6.45) is 3.07. The molecule has 1 aromatic rings. The average Bonchev–Trinajstić information content (AvgIpc) is 3.06. The molecule has 8 heteroatoms. The lowest BCUT2D eigenvalue weighted by Crippen LogP contribution is -3.24. The Labute approximate surface area is 140 Å². The molecule has 3 aliphatic rings. The number of hydroxylamine groups is 1. The number of aliphatic imine (C=N–C) groups is 1. The largest absolute Gasteiger partial charge is 0.621 e. The molecule has 2 heterocycles. The summed E-state index contributed by atoms with van der Waals surface area (Å²) >= 11 is 0. The Morgan fingerprint density at radius 2 is 1.83 bits per heavy atom. The fourth-order valence-electron chi connectivity index (χ4n) is 3.60. The quantitative estimate of drug-likeness (QED) is 0.580. The van der Waals surface area contributed by atoms with Crippen molar-refractivity contribution in [2.45, 2.75) is 19.3 Å². The van der Waals surface area contributed by atoms with Gasteiger partial charge in [-0.1, -0.05) is 0 Å². The van der Waals surface area contributed by atoms with Crippen LogP contribution in [0.1, 0.15) is 17.5 Å². The lowest BCUT2D eigenvalue weighted by molar-refractivity contribution is -0.851. The molecule has 2 unspecified atom stereocenters. The second kappa shape index (κ2) is 6.75. The van der Waals surface area contributed by atoms with Gasteiger partial charge >= 0.3 is 5.96 Å². The maximum Gasteiger partial charge on any atom is 0.347 e. The van der Waals surface area contributed by atoms with E-state index < -0.39 is 0 Å². The number of ether oxygens (including phenoxy) is 1. The molecular weight excluding hydrogens is 310 g/mol. The molecule has 0 bridgehead atoms. The first kappa shape index (κ1) is 15.9. The van der Waals surface area contributed by atoms with E-state index in [0.29, 0.717) is 17.9 Å². The van der Waals surface area contributed by atoms with Gasteiger partial charge in [-0.25, -0.2) is 10.2 Å². The number of morpholine rings is 1. The monoisotopic (exact) mass is 333 g/mol. The van der Waals surface area contributed by atoms with Crippen molar-refractivity contribution in [3.63, 3.8) is 0 Å². The summed E-state index contributed by atoms with van der Waals surface area (Å²) in [6.45, 7) is 4.53. The van der Waals surface area contributed by atoms with Gasteiger partial charge in [0, 0.05) is 31.8 Å². The van der Waals surface area contributed by atoms with E-state index in [0.717, 1.165) is 52.1 Å². The minimum atomic E-state index is -0.218. The molecule has 130 valence electrons. The smallest absolute Gasteiger partial charge is 0.347 e. The molecule has 2 atom stereocenters. The summed E-state index contributed by atoms with van der Waals surface area (Å²) in [5.41, 5.74) is 6.06. The van der Waals surface area contributed by atoms with Crippen LogP contribution in [0, 0.1) is 10.4 Å². The number of hydrogen-bond acceptors (Lipinski definition) is 5. The highest BCUT2D eigenvalue weighted by Gasteiger charge is 2.31. The molecule has 0 radical (unpaired) electrons. The summed E-state index contributed by atoms with van der Waals surface area (Å²) in [6, 6.07) is 3.78. The lowest BCUT2D eigenvalue weighted by Gasteiger charge is -2.35. The van der Waals surface area contributed by atoms with Gasteiger partial charge in [0.05, 0.1) is 19.8 Å². The second-order valence-corrected chi connectivity index (χ2v) is 6.49. The molecular formula is C16H23N5O3. The Hall–Kier alpha value is -1.55. The van der Waals surface area contributed by atoms with E-state index in [1.807, 2.05) is 12.1 Å². The normalized spacial score (nSPS) is 28.5. The molecule has 0 aromatic heterocycles. The van der Waals surface area contributed by atoms with Crippen LogP contribution in [0.5, 0.6) is 0 Å². The lowest BCUT2D eigenvalue weighted by atomic mass is 10.1. The summed E-state index contributed by atoms with van der Waals surface area (Å²) in [5, 5.41) is 24.6. The van der Waals surface area contributed by atoms with Crippen LogP contribution in [0.25, 0.3) is 0 Å². The maximum absolute atomic E-state index is 12.7. The zero-order valence-corrected chi connectivity index (χ0v) is 13.6. The Morgan fingerprint density at radius 1 is 1.12 bits per heavy atom. The van der Waals surface area contributed by atoms with Crippen LogP contribution in [-0.2, 0) is 17.6 Å². The topological polar surface area (TPSA) is 91.9 Å². The average molecular weight is 333 g/mol. The highest BCUT2D eigenvalue weighted by molar-refractivity contribution is 5.76. The molecule has 8 nitrogen and oxygen atoms in total. The molecule has 1 aliphatic carbocycles. The van der Waals surface area contributed by atoms with Gasteiger partial charge in [0.15, 0.2) is 0 Å². The zero-order chi connectivity index (χ0) is 16.5. The molecule has 1 saturated heterocycles. The first-order valence-electron chi connectivity index (χ1n) is 8.59. The fraction of sp³-hybridized carbons (Fsp3) is 0.562. The predicted octanol–water partition coefficient (Wildman–Crippen LogP) is -1.59. The Bertz CT molecular complexity index is 645. The highest BCUT2D eigenvalue weighted by Crippen LogP contribution is 2.28. The van der Waals surface area contributed by atoms with Crippen molar-refractivity contribution in [2.75, 3.05) is 39.4 Å². The minimum Gasteiger partial charge on any atom is -0.621 e. The number of nitrogens with one attached hydrogen (secondary N) is 3. The summed E-state index contributed by atoms with van der Waals surface area (Å²) in [5.74, 6) is 0.179. The van der Waals surface area contributed by atoms with Crippen LogP contribution in [0.4, 0.5) is 11.4 Å². The zero-order valence-electron chi connectivity index (χ0n) is 13.6. The molecule has 0 spiro atoms. The molecule has 0 saturated carbocycles. The van der Waals surface area contributed by atoms with Crippen LogP contribution < -0.4 is 15.7 Å².